The molecule has 1 aliphatic carbocycles. The van der Waals surface area contributed by atoms with Gasteiger partial charge < -0.3 is 5.32 Å². The molecular weight excluding hydrogens is 366 g/mol. The number of amides is 1. The molecule has 1 aliphatic heterocycles. The Bertz CT molecular complexity index is 896. The zero-order valence-corrected chi connectivity index (χ0v) is 17.0. The van der Waals surface area contributed by atoms with Crippen molar-refractivity contribution < 1.29 is 4.79 Å². The minimum absolute atomic E-state index is 0.0818. The topological polar surface area (TPSA) is 64.0 Å². The predicted octanol–water partition coefficient (Wildman–Crippen LogP) is 3.95. The van der Waals surface area contributed by atoms with Crippen molar-refractivity contribution in [3.05, 3.63) is 20.8 Å². The lowest BCUT2D eigenvalue weighted by molar-refractivity contribution is -0.120. The summed E-state index contributed by atoms with van der Waals surface area (Å²) in [5.41, 5.74) is 1.14. The average Bonchev–Trinajstić information content (AvgIpc) is 3.17. The molecule has 0 aromatic carbocycles. The van der Waals surface area contributed by atoms with Crippen LogP contribution in [0.5, 0.6) is 0 Å². The minimum Gasteiger partial charge on any atom is -0.355 e. The van der Waals surface area contributed by atoms with Gasteiger partial charge >= 0.3 is 0 Å². The first kappa shape index (κ1) is 18.0. The quantitative estimate of drug-likeness (QED) is 0.805. The van der Waals surface area contributed by atoms with Gasteiger partial charge in [-0.05, 0) is 45.1 Å². The Morgan fingerprint density at radius 3 is 2.62 bits per heavy atom. The fourth-order valence-corrected chi connectivity index (χ4v) is 6.30. The summed E-state index contributed by atoms with van der Waals surface area (Å²) in [6.45, 7) is 4.81. The second kappa shape index (κ2) is 7.35. The minimum atomic E-state index is -0.156. The number of hydrogen-bond acceptors (Lipinski definition) is 5. The third-order valence-electron chi connectivity index (χ3n) is 5.62. The zero-order chi connectivity index (χ0) is 18.3. The van der Waals surface area contributed by atoms with Crippen molar-refractivity contribution in [2.45, 2.75) is 75.2 Å². The van der Waals surface area contributed by atoms with Gasteiger partial charge in [0.05, 0.1) is 10.6 Å². The molecule has 1 saturated carbocycles. The van der Waals surface area contributed by atoms with Crippen molar-refractivity contribution in [3.63, 3.8) is 0 Å². The molecule has 7 heteroatoms. The molecule has 2 aliphatic rings. The van der Waals surface area contributed by atoms with E-state index in [1.54, 1.807) is 11.3 Å². The number of aryl methyl sites for hydroxylation is 2. The first-order valence-electron chi connectivity index (χ1n) is 9.53. The number of aromatic nitrogens is 2. The third kappa shape index (κ3) is 3.20. The summed E-state index contributed by atoms with van der Waals surface area (Å²) in [6, 6.07) is 0.218. The van der Waals surface area contributed by atoms with E-state index in [9.17, 15) is 9.59 Å². The van der Waals surface area contributed by atoms with Crippen LogP contribution in [0.2, 0.25) is 0 Å². The second-order valence-electron chi connectivity index (χ2n) is 7.36. The smallest absolute Gasteiger partial charge is 0.263 e. The number of rotatable bonds is 3. The van der Waals surface area contributed by atoms with Crippen LogP contribution in [0.1, 0.15) is 61.4 Å². The molecule has 140 valence electrons. The SMILES string of the molecule is Cc1sc2nc(SC3CCCCNC3=O)n(C3CCCC3)c(=O)c2c1C. The molecule has 2 aromatic rings. The van der Waals surface area contributed by atoms with Crippen molar-refractivity contribution in [1.82, 2.24) is 14.9 Å². The van der Waals surface area contributed by atoms with Crippen LogP contribution in [0.4, 0.5) is 0 Å². The van der Waals surface area contributed by atoms with E-state index in [0.717, 1.165) is 77.3 Å². The summed E-state index contributed by atoms with van der Waals surface area (Å²) in [6.07, 6.45) is 7.27. The Labute approximate surface area is 161 Å². The van der Waals surface area contributed by atoms with E-state index in [0.29, 0.717) is 0 Å². The van der Waals surface area contributed by atoms with Crippen molar-refractivity contribution in [2.75, 3.05) is 6.54 Å². The lowest BCUT2D eigenvalue weighted by atomic mass is 10.2. The summed E-state index contributed by atoms with van der Waals surface area (Å²) in [7, 11) is 0. The third-order valence-corrected chi connectivity index (χ3v) is 7.96. The fraction of sp³-hybridized carbons (Fsp3) is 0.632. The molecule has 0 bridgehead atoms. The van der Waals surface area contributed by atoms with E-state index in [1.165, 1.54) is 11.8 Å². The summed E-state index contributed by atoms with van der Waals surface area (Å²) in [5.74, 6) is 0.0818. The summed E-state index contributed by atoms with van der Waals surface area (Å²) in [5, 5.41) is 4.35. The average molecular weight is 392 g/mol. The van der Waals surface area contributed by atoms with E-state index < -0.39 is 0 Å². The van der Waals surface area contributed by atoms with Crippen molar-refractivity contribution >= 4 is 39.2 Å². The molecule has 1 unspecified atom stereocenters. The maximum absolute atomic E-state index is 13.4. The van der Waals surface area contributed by atoms with E-state index >= 15 is 0 Å². The second-order valence-corrected chi connectivity index (χ2v) is 9.74. The number of nitrogens with zero attached hydrogens (tertiary/aromatic N) is 2. The van der Waals surface area contributed by atoms with Gasteiger partial charge in [0.1, 0.15) is 4.83 Å². The molecule has 26 heavy (non-hydrogen) atoms. The zero-order valence-electron chi connectivity index (χ0n) is 15.3. The molecule has 1 saturated heterocycles. The van der Waals surface area contributed by atoms with Gasteiger partial charge in [-0.15, -0.1) is 11.3 Å². The highest BCUT2D eigenvalue weighted by atomic mass is 32.2. The van der Waals surface area contributed by atoms with Crippen LogP contribution in [-0.2, 0) is 4.79 Å². The van der Waals surface area contributed by atoms with E-state index in [-0.39, 0.29) is 22.8 Å². The van der Waals surface area contributed by atoms with Gasteiger partial charge in [-0.3, -0.25) is 14.2 Å². The molecule has 1 atom stereocenters. The lowest BCUT2D eigenvalue weighted by Crippen LogP contribution is -2.32. The van der Waals surface area contributed by atoms with Gasteiger partial charge in [0.25, 0.3) is 5.56 Å². The molecule has 2 aromatic heterocycles. The number of carbonyl (C=O) groups is 1. The first-order chi connectivity index (χ1) is 12.6. The van der Waals surface area contributed by atoms with Crippen molar-refractivity contribution in [2.24, 2.45) is 0 Å². The van der Waals surface area contributed by atoms with Crippen LogP contribution < -0.4 is 10.9 Å². The van der Waals surface area contributed by atoms with Crippen molar-refractivity contribution in [1.29, 1.82) is 0 Å². The molecule has 1 N–H and O–H groups in total. The number of nitrogens with one attached hydrogen (secondary N) is 1. The van der Waals surface area contributed by atoms with Crippen LogP contribution >= 0.6 is 23.1 Å². The number of fused-ring (bicyclic) bond motifs is 1. The van der Waals surface area contributed by atoms with Crippen LogP contribution in [0, 0.1) is 13.8 Å². The highest BCUT2D eigenvalue weighted by Crippen LogP contribution is 2.36. The van der Waals surface area contributed by atoms with Crippen LogP contribution in [-0.4, -0.2) is 27.3 Å². The summed E-state index contributed by atoms with van der Waals surface area (Å²) < 4.78 is 1.91. The van der Waals surface area contributed by atoms with Gasteiger partial charge in [0.2, 0.25) is 5.91 Å². The van der Waals surface area contributed by atoms with Gasteiger partial charge in [0, 0.05) is 17.5 Å². The van der Waals surface area contributed by atoms with E-state index in [4.69, 9.17) is 4.98 Å². The normalized spacial score (nSPS) is 21.9. The largest absolute Gasteiger partial charge is 0.355 e. The predicted molar refractivity (Wildman–Crippen MR) is 107 cm³/mol. The summed E-state index contributed by atoms with van der Waals surface area (Å²) in [4.78, 5) is 32.6. The van der Waals surface area contributed by atoms with Crippen LogP contribution in [0.25, 0.3) is 10.2 Å². The Kier molecular flexibility index (Phi) is 5.10. The molecular formula is C19H25N3O2S2. The standard InChI is InChI=1S/C19H25N3O2S2/c1-11-12(2)25-17-15(11)18(24)22(13-7-3-4-8-13)19(21-17)26-14-9-5-6-10-20-16(14)23/h13-14H,3-10H2,1-2H3,(H,20,23). The molecule has 5 nitrogen and oxygen atoms in total. The van der Waals surface area contributed by atoms with Gasteiger partial charge in [-0.1, -0.05) is 31.0 Å². The lowest BCUT2D eigenvalue weighted by Gasteiger charge is -2.20. The van der Waals surface area contributed by atoms with E-state index in [1.807, 2.05) is 18.4 Å². The highest BCUT2D eigenvalue weighted by Gasteiger charge is 2.29. The fourth-order valence-electron chi connectivity index (χ4n) is 4.01. The van der Waals surface area contributed by atoms with Gasteiger partial charge in [-0.25, -0.2) is 4.98 Å². The molecule has 3 heterocycles. The van der Waals surface area contributed by atoms with Crippen molar-refractivity contribution in [3.8, 4) is 0 Å². The summed E-state index contributed by atoms with van der Waals surface area (Å²) >= 11 is 3.08. The monoisotopic (exact) mass is 391 g/mol. The molecule has 4 rings (SSSR count). The Hall–Kier alpha value is -1.34. The highest BCUT2D eigenvalue weighted by molar-refractivity contribution is 8.00. The number of thiophene rings is 1. The molecule has 1 amide bonds. The Morgan fingerprint density at radius 1 is 1.12 bits per heavy atom. The van der Waals surface area contributed by atoms with Gasteiger partial charge in [0.15, 0.2) is 5.16 Å². The number of thioether (sulfide) groups is 1. The van der Waals surface area contributed by atoms with Crippen LogP contribution in [0.15, 0.2) is 9.95 Å². The van der Waals surface area contributed by atoms with E-state index in [2.05, 4.69) is 5.32 Å². The molecule has 0 spiro atoms. The molecule has 0 radical (unpaired) electrons. The van der Waals surface area contributed by atoms with Crippen LogP contribution in [0.3, 0.4) is 0 Å². The number of carbonyl (C=O) groups excluding carboxylic acids is 1. The van der Waals surface area contributed by atoms with Gasteiger partial charge in [-0.2, -0.15) is 0 Å². The number of hydrogen-bond donors (Lipinski definition) is 1. The maximum atomic E-state index is 13.4. The Balaban J connectivity index is 1.82. The first-order valence-corrected chi connectivity index (χ1v) is 11.2. The molecule has 2 fully saturated rings. The maximum Gasteiger partial charge on any atom is 0.263 e. The Morgan fingerprint density at radius 2 is 1.85 bits per heavy atom.